The maximum atomic E-state index is 11.3. The van der Waals surface area contributed by atoms with Crippen LogP contribution < -0.4 is 5.84 Å². The molecule has 7 heteroatoms. The molecule has 2 N–H and O–H groups in total. The van der Waals surface area contributed by atoms with E-state index in [0.717, 1.165) is 22.2 Å². The average molecular weight is 304 g/mol. The van der Waals surface area contributed by atoms with Crippen molar-refractivity contribution in [3.8, 4) is 11.3 Å². The number of rotatable bonds is 5. The van der Waals surface area contributed by atoms with E-state index in [2.05, 4.69) is 4.98 Å². The summed E-state index contributed by atoms with van der Waals surface area (Å²) in [4.78, 5) is 17.5. The zero-order valence-electron chi connectivity index (χ0n) is 11.4. The van der Waals surface area contributed by atoms with Crippen molar-refractivity contribution in [2.75, 3.05) is 31.3 Å². The third kappa shape index (κ3) is 3.13. The van der Waals surface area contributed by atoms with Crippen LogP contribution in [0.2, 0.25) is 0 Å². The number of nitrogens with zero attached hydrogens (tertiary/aromatic N) is 3. The number of hydrogen-bond donors (Lipinski definition) is 1. The van der Waals surface area contributed by atoms with Crippen molar-refractivity contribution >= 4 is 17.9 Å². The second-order valence-corrected chi connectivity index (χ2v) is 5.69. The zero-order chi connectivity index (χ0) is 14.7. The lowest BCUT2D eigenvalue weighted by Crippen LogP contribution is -2.26. The Morgan fingerprint density at radius 2 is 2.14 bits per heavy atom. The van der Waals surface area contributed by atoms with E-state index in [1.165, 1.54) is 16.4 Å². The number of carbonyl (C=O) groups is 1. The van der Waals surface area contributed by atoms with E-state index in [4.69, 9.17) is 10.6 Å². The molecule has 1 aromatic heterocycles. The monoisotopic (exact) mass is 304 g/mol. The Kier molecular flexibility index (Phi) is 4.01. The van der Waals surface area contributed by atoms with Gasteiger partial charge in [0.15, 0.2) is 5.16 Å². The molecule has 6 nitrogen and oxygen atoms in total. The van der Waals surface area contributed by atoms with Gasteiger partial charge in [-0.05, 0) is 0 Å². The Morgan fingerprint density at radius 3 is 2.86 bits per heavy atom. The smallest absolute Gasteiger partial charge is 0.409 e. The van der Waals surface area contributed by atoms with Crippen molar-refractivity contribution in [2.45, 2.75) is 5.16 Å². The molecule has 0 saturated carbocycles. The Balaban J connectivity index is 1.61. The summed E-state index contributed by atoms with van der Waals surface area (Å²) in [6.45, 7) is 1.77. The predicted octanol–water partition coefficient (Wildman–Crippen LogP) is 1.81. The summed E-state index contributed by atoms with van der Waals surface area (Å²) in [6, 6.07) is 9.90. The molecule has 21 heavy (non-hydrogen) atoms. The number of nitrogen functional groups attached to an aromatic ring is 1. The molecule has 2 heterocycles. The van der Waals surface area contributed by atoms with Gasteiger partial charge in [0.1, 0.15) is 6.61 Å². The quantitative estimate of drug-likeness (QED) is 0.673. The maximum Gasteiger partial charge on any atom is 0.409 e. The lowest BCUT2D eigenvalue weighted by molar-refractivity contribution is 0.160. The normalized spacial score (nSPS) is 14.5. The molecule has 0 bridgehead atoms. The van der Waals surface area contributed by atoms with Gasteiger partial charge in [0, 0.05) is 17.9 Å². The SMILES string of the molecule is Nn1cc(-c2ccccc2)nc1SCCN1CCOC1=O. The molecule has 1 fully saturated rings. The van der Waals surface area contributed by atoms with Crippen LogP contribution in [0, 0.1) is 0 Å². The van der Waals surface area contributed by atoms with E-state index in [9.17, 15) is 4.79 Å². The molecule has 1 aliphatic rings. The van der Waals surface area contributed by atoms with E-state index in [1.807, 2.05) is 36.5 Å². The predicted molar refractivity (Wildman–Crippen MR) is 81.5 cm³/mol. The fourth-order valence-corrected chi connectivity index (χ4v) is 2.97. The first-order valence-corrected chi connectivity index (χ1v) is 7.67. The molecule has 2 aromatic rings. The second kappa shape index (κ2) is 6.09. The number of amides is 1. The van der Waals surface area contributed by atoms with Gasteiger partial charge >= 0.3 is 6.09 Å². The van der Waals surface area contributed by atoms with Crippen molar-refractivity contribution in [3.05, 3.63) is 36.5 Å². The minimum Gasteiger partial charge on any atom is -0.448 e. The molecule has 0 unspecified atom stereocenters. The first-order valence-electron chi connectivity index (χ1n) is 6.68. The number of benzene rings is 1. The number of imidazole rings is 1. The standard InChI is InChI=1S/C14H16N4O2S/c15-18-10-12(11-4-2-1-3-5-11)16-13(18)21-9-7-17-6-8-20-14(17)19/h1-5,10H,6-9,15H2. The van der Waals surface area contributed by atoms with Gasteiger partial charge in [0.2, 0.25) is 0 Å². The van der Waals surface area contributed by atoms with E-state index in [1.54, 1.807) is 4.90 Å². The van der Waals surface area contributed by atoms with Crippen LogP contribution in [0.3, 0.4) is 0 Å². The van der Waals surface area contributed by atoms with Crippen molar-refractivity contribution in [2.24, 2.45) is 0 Å². The van der Waals surface area contributed by atoms with Crippen LogP contribution in [0.1, 0.15) is 0 Å². The molecule has 1 aliphatic heterocycles. The molecule has 1 aromatic carbocycles. The van der Waals surface area contributed by atoms with Crippen molar-refractivity contribution in [1.82, 2.24) is 14.6 Å². The maximum absolute atomic E-state index is 11.3. The van der Waals surface area contributed by atoms with E-state index < -0.39 is 0 Å². The Hall–Kier alpha value is -2.15. The zero-order valence-corrected chi connectivity index (χ0v) is 12.3. The minimum absolute atomic E-state index is 0.239. The minimum atomic E-state index is -0.239. The summed E-state index contributed by atoms with van der Waals surface area (Å²) in [7, 11) is 0. The van der Waals surface area contributed by atoms with Crippen molar-refractivity contribution < 1.29 is 9.53 Å². The van der Waals surface area contributed by atoms with E-state index in [0.29, 0.717) is 19.7 Å². The molecular weight excluding hydrogens is 288 g/mol. The number of cyclic esters (lactones) is 1. The number of ether oxygens (including phenoxy) is 1. The molecule has 0 aliphatic carbocycles. The summed E-state index contributed by atoms with van der Waals surface area (Å²) >= 11 is 1.53. The summed E-state index contributed by atoms with van der Waals surface area (Å²) in [6.07, 6.45) is 1.57. The summed E-state index contributed by atoms with van der Waals surface area (Å²) in [5.74, 6) is 6.66. The molecule has 110 valence electrons. The van der Waals surface area contributed by atoms with Gasteiger partial charge in [0.05, 0.1) is 18.4 Å². The highest BCUT2D eigenvalue weighted by Gasteiger charge is 2.21. The Bertz CT molecular complexity index is 629. The summed E-state index contributed by atoms with van der Waals surface area (Å²) < 4.78 is 6.41. The Labute approximate surface area is 126 Å². The number of aromatic nitrogens is 2. The van der Waals surface area contributed by atoms with Gasteiger partial charge in [-0.3, -0.25) is 0 Å². The van der Waals surface area contributed by atoms with Gasteiger partial charge in [-0.25, -0.2) is 14.5 Å². The van der Waals surface area contributed by atoms with Gasteiger partial charge < -0.3 is 15.5 Å². The molecule has 0 atom stereocenters. The van der Waals surface area contributed by atoms with Crippen LogP contribution in [0.15, 0.2) is 41.7 Å². The van der Waals surface area contributed by atoms with Crippen molar-refractivity contribution in [1.29, 1.82) is 0 Å². The Morgan fingerprint density at radius 1 is 1.33 bits per heavy atom. The molecule has 3 rings (SSSR count). The fourth-order valence-electron chi connectivity index (χ4n) is 2.11. The highest BCUT2D eigenvalue weighted by molar-refractivity contribution is 7.99. The topological polar surface area (TPSA) is 73.4 Å². The summed E-state index contributed by atoms with van der Waals surface area (Å²) in [5.41, 5.74) is 1.88. The molecule has 1 amide bonds. The first kappa shape index (κ1) is 13.8. The molecule has 0 radical (unpaired) electrons. The largest absolute Gasteiger partial charge is 0.448 e. The third-order valence-corrected chi connectivity index (χ3v) is 4.15. The lowest BCUT2D eigenvalue weighted by atomic mass is 10.2. The van der Waals surface area contributed by atoms with Crippen LogP contribution in [0.25, 0.3) is 11.3 Å². The summed E-state index contributed by atoms with van der Waals surface area (Å²) in [5, 5.41) is 0.737. The number of carbonyl (C=O) groups excluding carboxylic acids is 1. The highest BCUT2D eigenvalue weighted by Crippen LogP contribution is 2.22. The molecule has 1 saturated heterocycles. The first-order chi connectivity index (χ1) is 10.2. The molecular formula is C14H16N4O2S. The van der Waals surface area contributed by atoms with E-state index >= 15 is 0 Å². The fraction of sp³-hybridized carbons (Fsp3) is 0.286. The average Bonchev–Trinajstić information content (AvgIpc) is 3.07. The van der Waals surface area contributed by atoms with Crippen LogP contribution in [0.5, 0.6) is 0 Å². The van der Waals surface area contributed by atoms with E-state index in [-0.39, 0.29) is 6.09 Å². The van der Waals surface area contributed by atoms with Gasteiger partial charge in [-0.1, -0.05) is 42.1 Å². The van der Waals surface area contributed by atoms with Gasteiger partial charge in [-0.2, -0.15) is 0 Å². The van der Waals surface area contributed by atoms with Crippen LogP contribution in [-0.4, -0.2) is 46.1 Å². The lowest BCUT2D eigenvalue weighted by Gasteiger charge is -2.11. The van der Waals surface area contributed by atoms with Crippen LogP contribution in [-0.2, 0) is 4.74 Å². The molecule has 0 spiro atoms. The number of hydrogen-bond acceptors (Lipinski definition) is 5. The van der Waals surface area contributed by atoms with Crippen LogP contribution >= 0.6 is 11.8 Å². The third-order valence-electron chi connectivity index (χ3n) is 3.21. The second-order valence-electron chi connectivity index (χ2n) is 4.63. The van der Waals surface area contributed by atoms with Gasteiger partial charge in [0.25, 0.3) is 0 Å². The van der Waals surface area contributed by atoms with Crippen molar-refractivity contribution in [3.63, 3.8) is 0 Å². The van der Waals surface area contributed by atoms with Crippen LogP contribution in [0.4, 0.5) is 4.79 Å². The number of nitrogens with two attached hydrogens (primary N) is 1. The number of thioether (sulfide) groups is 1. The highest BCUT2D eigenvalue weighted by atomic mass is 32.2. The van der Waals surface area contributed by atoms with Gasteiger partial charge in [-0.15, -0.1) is 0 Å².